The Kier molecular flexibility index (Phi) is 3.06. The maximum Gasteiger partial charge on any atom is 0.195 e. The lowest BCUT2D eigenvalue weighted by Crippen LogP contribution is -1.93. The van der Waals surface area contributed by atoms with E-state index in [0.717, 1.165) is 17.8 Å². The molecule has 0 amide bonds. The lowest BCUT2D eigenvalue weighted by Gasteiger charge is -2.03. The molecule has 0 saturated heterocycles. The van der Waals surface area contributed by atoms with Crippen molar-refractivity contribution in [3.63, 3.8) is 0 Å². The first-order chi connectivity index (χ1) is 5.57. The van der Waals surface area contributed by atoms with Gasteiger partial charge in [0.2, 0.25) is 0 Å². The van der Waals surface area contributed by atoms with Crippen LogP contribution in [0, 0.1) is 17.5 Å². The summed E-state index contributed by atoms with van der Waals surface area (Å²) in [7, 11) is 0. The zero-order chi connectivity index (χ0) is 9.30. The number of halogens is 4. The van der Waals surface area contributed by atoms with Crippen molar-refractivity contribution in [3.8, 4) is 0 Å². The van der Waals surface area contributed by atoms with Crippen molar-refractivity contribution in [1.29, 1.82) is 0 Å². The van der Waals surface area contributed by atoms with Crippen molar-refractivity contribution in [2.75, 3.05) is 6.26 Å². The monoisotopic (exact) mass is 256 g/mol. The van der Waals surface area contributed by atoms with E-state index in [0.29, 0.717) is 4.90 Å². The van der Waals surface area contributed by atoms with Gasteiger partial charge in [0.15, 0.2) is 17.5 Å². The minimum Gasteiger partial charge on any atom is -0.204 e. The molecule has 0 heterocycles. The normalized spacial score (nSPS) is 10.4. The molecule has 0 bridgehead atoms. The first kappa shape index (κ1) is 9.92. The van der Waals surface area contributed by atoms with Gasteiger partial charge in [0.05, 0.1) is 4.47 Å². The summed E-state index contributed by atoms with van der Waals surface area (Å²) < 4.78 is 37.8. The highest BCUT2D eigenvalue weighted by atomic mass is 79.9. The fourth-order valence-corrected chi connectivity index (χ4v) is 1.96. The second-order valence-electron chi connectivity index (χ2n) is 2.00. The van der Waals surface area contributed by atoms with Crippen LogP contribution in [-0.4, -0.2) is 6.26 Å². The minimum atomic E-state index is -1.44. The fourth-order valence-electron chi connectivity index (χ4n) is 0.700. The summed E-state index contributed by atoms with van der Waals surface area (Å²) in [4.78, 5) is 0.339. The Morgan fingerprint density at radius 3 is 2.33 bits per heavy atom. The Morgan fingerprint density at radius 1 is 1.25 bits per heavy atom. The smallest absolute Gasteiger partial charge is 0.195 e. The molecule has 0 atom stereocenters. The summed E-state index contributed by atoms with van der Waals surface area (Å²) in [6, 6.07) is 0.952. The summed E-state index contributed by atoms with van der Waals surface area (Å²) in [6.07, 6.45) is 1.65. The molecule has 0 aliphatic rings. The van der Waals surface area contributed by atoms with Crippen molar-refractivity contribution >= 4 is 27.7 Å². The van der Waals surface area contributed by atoms with Gasteiger partial charge < -0.3 is 0 Å². The third-order valence-corrected chi connectivity index (χ3v) is 3.09. The van der Waals surface area contributed by atoms with Crippen LogP contribution in [-0.2, 0) is 0 Å². The highest BCUT2D eigenvalue weighted by Crippen LogP contribution is 2.30. The number of benzene rings is 1. The Labute approximate surface area is 80.3 Å². The molecule has 0 nitrogen and oxygen atoms in total. The van der Waals surface area contributed by atoms with E-state index < -0.39 is 17.5 Å². The quantitative estimate of drug-likeness (QED) is 0.421. The van der Waals surface area contributed by atoms with Gasteiger partial charge in [0.25, 0.3) is 0 Å². The highest BCUT2D eigenvalue weighted by molar-refractivity contribution is 9.10. The highest BCUT2D eigenvalue weighted by Gasteiger charge is 2.15. The number of rotatable bonds is 1. The lowest BCUT2D eigenvalue weighted by molar-refractivity contribution is 0.440. The lowest BCUT2D eigenvalue weighted by atomic mass is 10.3. The predicted molar refractivity (Wildman–Crippen MR) is 45.8 cm³/mol. The summed E-state index contributed by atoms with van der Waals surface area (Å²) in [6.45, 7) is 0. The molecule has 0 spiro atoms. The third kappa shape index (κ3) is 1.61. The van der Waals surface area contributed by atoms with Gasteiger partial charge >= 0.3 is 0 Å². The average molecular weight is 257 g/mol. The molecule has 0 aliphatic heterocycles. The van der Waals surface area contributed by atoms with Crippen LogP contribution in [0.3, 0.4) is 0 Å². The minimum absolute atomic E-state index is 0.0334. The number of hydrogen-bond donors (Lipinski definition) is 0. The first-order valence-corrected chi connectivity index (χ1v) is 4.96. The van der Waals surface area contributed by atoms with Crippen molar-refractivity contribution in [2.24, 2.45) is 0 Å². The van der Waals surface area contributed by atoms with E-state index in [9.17, 15) is 13.2 Å². The maximum atomic E-state index is 12.8. The molecule has 1 aromatic rings. The molecule has 5 heteroatoms. The molecular weight excluding hydrogens is 253 g/mol. The van der Waals surface area contributed by atoms with Crippen LogP contribution in [0.2, 0.25) is 0 Å². The van der Waals surface area contributed by atoms with Gasteiger partial charge in [0.1, 0.15) is 0 Å². The second-order valence-corrected chi connectivity index (χ2v) is 3.64. The van der Waals surface area contributed by atoms with Crippen LogP contribution in [0.5, 0.6) is 0 Å². The molecule has 0 radical (unpaired) electrons. The van der Waals surface area contributed by atoms with Gasteiger partial charge in [-0.2, -0.15) is 0 Å². The molecular formula is C7H4BrF3S. The molecule has 0 N–H and O–H groups in total. The largest absolute Gasteiger partial charge is 0.204 e. The van der Waals surface area contributed by atoms with Gasteiger partial charge in [-0.05, 0) is 28.3 Å². The van der Waals surface area contributed by atoms with Crippen LogP contribution in [0.1, 0.15) is 0 Å². The fraction of sp³-hybridized carbons (Fsp3) is 0.143. The summed E-state index contributed by atoms with van der Waals surface area (Å²) >= 11 is 3.96. The Morgan fingerprint density at radius 2 is 1.83 bits per heavy atom. The topological polar surface area (TPSA) is 0 Å². The first-order valence-electron chi connectivity index (χ1n) is 2.95. The van der Waals surface area contributed by atoms with Crippen LogP contribution in [0.15, 0.2) is 15.4 Å². The van der Waals surface area contributed by atoms with E-state index in [1.165, 1.54) is 0 Å². The summed E-state index contributed by atoms with van der Waals surface area (Å²) in [5.74, 6) is -3.79. The van der Waals surface area contributed by atoms with Crippen LogP contribution >= 0.6 is 27.7 Å². The van der Waals surface area contributed by atoms with Gasteiger partial charge in [0, 0.05) is 4.90 Å². The molecule has 66 valence electrons. The molecule has 0 aromatic heterocycles. The van der Waals surface area contributed by atoms with Gasteiger partial charge in [-0.15, -0.1) is 11.8 Å². The molecule has 12 heavy (non-hydrogen) atoms. The van der Waals surface area contributed by atoms with Crippen LogP contribution < -0.4 is 0 Å². The summed E-state index contributed by atoms with van der Waals surface area (Å²) in [5.41, 5.74) is 0. The second kappa shape index (κ2) is 3.70. The van der Waals surface area contributed by atoms with E-state index >= 15 is 0 Å². The molecule has 0 aliphatic carbocycles. The van der Waals surface area contributed by atoms with E-state index in [1.807, 2.05) is 0 Å². The van der Waals surface area contributed by atoms with Gasteiger partial charge in [-0.3, -0.25) is 0 Å². The molecule has 0 unspecified atom stereocenters. The Bertz CT molecular complexity index is 314. The van der Waals surface area contributed by atoms with Crippen LogP contribution in [0.25, 0.3) is 0 Å². The van der Waals surface area contributed by atoms with Crippen LogP contribution in [0.4, 0.5) is 13.2 Å². The Hall–Kier alpha value is -0.160. The average Bonchev–Trinajstić information content (AvgIpc) is 2.08. The van der Waals surface area contributed by atoms with E-state index in [4.69, 9.17) is 0 Å². The Balaban J connectivity index is 3.39. The third-order valence-electron chi connectivity index (χ3n) is 1.29. The van der Waals surface area contributed by atoms with Gasteiger partial charge in [-0.25, -0.2) is 13.2 Å². The number of thioether (sulfide) groups is 1. The summed E-state index contributed by atoms with van der Waals surface area (Å²) in [5, 5.41) is 0. The van der Waals surface area contributed by atoms with Crippen molar-refractivity contribution in [1.82, 2.24) is 0 Å². The zero-order valence-corrected chi connectivity index (χ0v) is 8.40. The molecule has 1 aromatic carbocycles. The van der Waals surface area contributed by atoms with Crippen molar-refractivity contribution in [2.45, 2.75) is 4.90 Å². The van der Waals surface area contributed by atoms with E-state index in [-0.39, 0.29) is 4.47 Å². The molecule has 0 saturated carbocycles. The van der Waals surface area contributed by atoms with Crippen molar-refractivity contribution < 1.29 is 13.2 Å². The predicted octanol–water partition coefficient (Wildman–Crippen LogP) is 3.59. The van der Waals surface area contributed by atoms with Crippen molar-refractivity contribution in [3.05, 3.63) is 28.0 Å². The van der Waals surface area contributed by atoms with E-state index in [2.05, 4.69) is 15.9 Å². The standard InChI is InChI=1S/C7H4BrF3S/c1-12-4-2-3(9)6(10)7(11)5(4)8/h2H,1H3. The van der Waals surface area contributed by atoms with Gasteiger partial charge in [-0.1, -0.05) is 0 Å². The maximum absolute atomic E-state index is 12.8. The zero-order valence-electron chi connectivity index (χ0n) is 6.00. The number of hydrogen-bond acceptors (Lipinski definition) is 1. The molecule has 0 fully saturated rings. The SMILES string of the molecule is CSc1cc(F)c(F)c(F)c1Br. The molecule has 1 rings (SSSR count). The van der Waals surface area contributed by atoms with E-state index in [1.54, 1.807) is 6.26 Å².